The van der Waals surface area contributed by atoms with Crippen molar-refractivity contribution in [3.05, 3.63) is 12.7 Å². The molecule has 1 unspecified atom stereocenters. The first-order valence-corrected chi connectivity index (χ1v) is 3.83. The Hall–Kier alpha value is -0.190. The number of hydrogen-bond acceptors (Lipinski definition) is 5. The van der Waals surface area contributed by atoms with Gasteiger partial charge >= 0.3 is 7.60 Å². The van der Waals surface area contributed by atoms with E-state index in [1.54, 1.807) is 0 Å². The van der Waals surface area contributed by atoms with Gasteiger partial charge in [-0.05, 0) is 0 Å². The van der Waals surface area contributed by atoms with Crippen LogP contribution in [0.5, 0.6) is 0 Å². The third-order valence-corrected chi connectivity index (χ3v) is 1.91. The van der Waals surface area contributed by atoms with Crippen molar-refractivity contribution < 1.29 is 19.1 Å². The van der Waals surface area contributed by atoms with Crippen molar-refractivity contribution in [2.45, 2.75) is 0 Å². The molecule has 9 heavy (non-hydrogen) atoms. The number of hydrogen-bond donors (Lipinski definition) is 2. The van der Waals surface area contributed by atoms with Crippen LogP contribution in [-0.4, -0.2) is 11.4 Å². The molecule has 0 spiro atoms. The molecule has 0 bridgehead atoms. The minimum Gasteiger partial charge on any atom is -0.256 e. The molecule has 0 aliphatic heterocycles. The number of allylic oxidation sites excluding steroid dienone is 1. The summed E-state index contributed by atoms with van der Waals surface area (Å²) in [6.07, 6.45) is 1.16. The summed E-state index contributed by atoms with van der Waals surface area (Å²) in [6, 6.07) is 0. The molecule has 0 aromatic carbocycles. The summed E-state index contributed by atoms with van der Waals surface area (Å²) < 4.78 is 18.0. The van der Waals surface area contributed by atoms with Crippen molar-refractivity contribution >= 4 is 7.60 Å². The molecule has 0 saturated carbocycles. The van der Waals surface area contributed by atoms with Gasteiger partial charge in [-0.3, -0.25) is 4.57 Å². The molecule has 54 valence electrons. The van der Waals surface area contributed by atoms with Gasteiger partial charge in [-0.1, -0.05) is 6.08 Å². The van der Waals surface area contributed by atoms with Gasteiger partial charge < -0.3 is 0 Å². The molecule has 6 heteroatoms. The number of nitrogens with two attached hydrogens (primary N) is 1. The fourth-order valence-corrected chi connectivity index (χ4v) is 0.761. The molecule has 0 fully saturated rings. The number of rotatable bonds is 4. The van der Waals surface area contributed by atoms with Gasteiger partial charge in [-0.15, -0.1) is 6.58 Å². The first-order chi connectivity index (χ1) is 4.18. The molecule has 0 aliphatic rings. The molecule has 0 amide bonds. The van der Waals surface area contributed by atoms with Crippen molar-refractivity contribution in [2.24, 2.45) is 5.90 Å². The first-order valence-electron chi connectivity index (χ1n) is 2.10. The monoisotopic (exact) mass is 153 g/mol. The molecular formula is C3H8NO4P. The van der Waals surface area contributed by atoms with E-state index in [-0.39, 0.29) is 6.16 Å². The summed E-state index contributed by atoms with van der Waals surface area (Å²) in [5, 5.41) is 7.90. The maximum atomic E-state index is 10.7. The van der Waals surface area contributed by atoms with Crippen molar-refractivity contribution in [2.75, 3.05) is 6.16 Å². The van der Waals surface area contributed by atoms with Gasteiger partial charge in [0.2, 0.25) is 0 Å². The highest BCUT2D eigenvalue weighted by molar-refractivity contribution is 7.53. The van der Waals surface area contributed by atoms with Crippen LogP contribution >= 0.6 is 7.60 Å². The Kier molecular flexibility index (Phi) is 3.68. The maximum Gasteiger partial charge on any atom is 0.377 e. The van der Waals surface area contributed by atoms with Crippen molar-refractivity contribution in [1.82, 2.24) is 0 Å². The van der Waals surface area contributed by atoms with E-state index < -0.39 is 7.60 Å². The van der Waals surface area contributed by atoms with Crippen molar-refractivity contribution in [1.29, 1.82) is 0 Å². The highest BCUT2D eigenvalue weighted by Gasteiger charge is 2.20. The van der Waals surface area contributed by atoms with Crippen LogP contribution in [0, 0.1) is 0 Å². The Balaban J connectivity index is 3.93. The second-order valence-corrected chi connectivity index (χ2v) is 3.23. The Labute approximate surface area is 52.5 Å². The quantitative estimate of drug-likeness (QED) is 0.269. The third kappa shape index (κ3) is 2.74. The predicted octanol–water partition coefficient (Wildman–Crippen LogP) is 0.745. The van der Waals surface area contributed by atoms with Gasteiger partial charge in [0.25, 0.3) is 0 Å². The normalized spacial score (nSPS) is 16.7. The van der Waals surface area contributed by atoms with Gasteiger partial charge in [0.15, 0.2) is 0 Å². The average molecular weight is 153 g/mol. The van der Waals surface area contributed by atoms with Crippen LogP contribution in [0.3, 0.4) is 0 Å². The van der Waals surface area contributed by atoms with Gasteiger partial charge in [0.05, 0.1) is 6.16 Å². The van der Waals surface area contributed by atoms with Crippen LogP contribution in [-0.2, 0) is 13.9 Å². The second-order valence-electron chi connectivity index (χ2n) is 1.27. The van der Waals surface area contributed by atoms with E-state index in [0.717, 1.165) is 0 Å². The lowest BCUT2D eigenvalue weighted by Gasteiger charge is -2.06. The molecule has 0 aromatic heterocycles. The van der Waals surface area contributed by atoms with Crippen LogP contribution in [0.15, 0.2) is 12.7 Å². The van der Waals surface area contributed by atoms with Crippen molar-refractivity contribution in [3.8, 4) is 0 Å². The fourth-order valence-electron chi connectivity index (χ4n) is 0.254. The lowest BCUT2D eigenvalue weighted by atomic mass is 10.8. The van der Waals surface area contributed by atoms with E-state index in [1.165, 1.54) is 6.08 Å². The van der Waals surface area contributed by atoms with E-state index >= 15 is 0 Å². The third-order valence-electron chi connectivity index (χ3n) is 0.638. The minimum atomic E-state index is -3.47. The SMILES string of the molecule is C=CCP(=O)(ON)OO. The molecule has 1 atom stereocenters. The maximum absolute atomic E-state index is 10.7. The topological polar surface area (TPSA) is 81.8 Å². The smallest absolute Gasteiger partial charge is 0.256 e. The van der Waals surface area contributed by atoms with Gasteiger partial charge in [-0.2, -0.15) is 4.67 Å². The Morgan fingerprint density at radius 3 is 2.56 bits per heavy atom. The van der Waals surface area contributed by atoms with Crippen molar-refractivity contribution in [3.63, 3.8) is 0 Å². The summed E-state index contributed by atoms with van der Waals surface area (Å²) in [6.45, 7) is 3.24. The molecular weight excluding hydrogens is 145 g/mol. The Bertz CT molecular complexity index is 128. The van der Waals surface area contributed by atoms with E-state index in [9.17, 15) is 4.57 Å². The average Bonchev–Trinajstić information content (AvgIpc) is 1.89. The molecule has 5 nitrogen and oxygen atoms in total. The molecule has 3 N–H and O–H groups in total. The summed E-state index contributed by atoms with van der Waals surface area (Å²) in [7, 11) is -3.47. The summed E-state index contributed by atoms with van der Waals surface area (Å²) in [4.78, 5) is 0. The van der Waals surface area contributed by atoms with Crippen LogP contribution in [0.4, 0.5) is 0 Å². The van der Waals surface area contributed by atoms with Crippen LogP contribution in [0.25, 0.3) is 0 Å². The molecule has 0 aromatic rings. The lowest BCUT2D eigenvalue weighted by Crippen LogP contribution is -2.00. The minimum absolute atomic E-state index is 0.111. The van der Waals surface area contributed by atoms with Crippen LogP contribution < -0.4 is 5.90 Å². The Morgan fingerprint density at radius 1 is 1.89 bits per heavy atom. The standard InChI is InChI=1S/C3H8NO4P/c1-2-3-9(6,7-4)8-5/h2,5H,1,3-4H2. The highest BCUT2D eigenvalue weighted by Crippen LogP contribution is 2.44. The molecule has 0 aliphatic carbocycles. The van der Waals surface area contributed by atoms with Crippen LogP contribution in [0.2, 0.25) is 0 Å². The van der Waals surface area contributed by atoms with Gasteiger partial charge in [0, 0.05) is 0 Å². The summed E-state index contributed by atoms with van der Waals surface area (Å²) >= 11 is 0. The fraction of sp³-hybridized carbons (Fsp3) is 0.333. The molecule has 0 saturated heterocycles. The highest BCUT2D eigenvalue weighted by atomic mass is 31.2. The largest absolute Gasteiger partial charge is 0.377 e. The zero-order chi connectivity index (χ0) is 7.33. The zero-order valence-corrected chi connectivity index (χ0v) is 5.58. The molecule has 0 heterocycles. The first kappa shape index (κ1) is 8.81. The molecule has 0 rings (SSSR count). The zero-order valence-electron chi connectivity index (χ0n) is 4.69. The lowest BCUT2D eigenvalue weighted by molar-refractivity contribution is -0.148. The van der Waals surface area contributed by atoms with Gasteiger partial charge in [0.1, 0.15) is 0 Å². The second kappa shape index (κ2) is 3.76. The van der Waals surface area contributed by atoms with E-state index in [2.05, 4.69) is 21.8 Å². The van der Waals surface area contributed by atoms with E-state index in [1.807, 2.05) is 0 Å². The van der Waals surface area contributed by atoms with E-state index in [4.69, 9.17) is 5.26 Å². The summed E-state index contributed by atoms with van der Waals surface area (Å²) in [5.41, 5.74) is 0. The van der Waals surface area contributed by atoms with Gasteiger partial charge in [-0.25, -0.2) is 15.8 Å². The summed E-state index contributed by atoms with van der Waals surface area (Å²) in [5.74, 6) is 4.51. The Morgan fingerprint density at radius 2 is 2.44 bits per heavy atom. The van der Waals surface area contributed by atoms with Crippen LogP contribution in [0.1, 0.15) is 0 Å². The van der Waals surface area contributed by atoms with E-state index in [0.29, 0.717) is 0 Å². The molecule has 0 radical (unpaired) electrons. The predicted molar refractivity (Wildman–Crippen MR) is 31.7 cm³/mol.